The molecule has 0 bridgehead atoms. The van der Waals surface area contributed by atoms with Gasteiger partial charge in [0.05, 0.1) is 10.6 Å². The van der Waals surface area contributed by atoms with Crippen molar-refractivity contribution >= 4 is 21.6 Å². The number of amides is 1. The van der Waals surface area contributed by atoms with Gasteiger partial charge in [-0.2, -0.15) is 0 Å². The molecule has 7 heteroatoms. The van der Waals surface area contributed by atoms with E-state index in [-0.39, 0.29) is 16.6 Å². The Hall–Kier alpha value is -3.32. The number of para-hydroxylation sites is 1. The number of phenols is 1. The van der Waals surface area contributed by atoms with Crippen molar-refractivity contribution in [3.8, 4) is 5.75 Å². The van der Waals surface area contributed by atoms with Crippen LogP contribution in [-0.2, 0) is 16.4 Å². The summed E-state index contributed by atoms with van der Waals surface area (Å²) in [7, 11) is -2.21. The third kappa shape index (κ3) is 5.18. The minimum Gasteiger partial charge on any atom is -0.508 e. The van der Waals surface area contributed by atoms with Gasteiger partial charge in [-0.1, -0.05) is 30.3 Å². The Morgan fingerprint density at radius 3 is 2.20 bits per heavy atom. The van der Waals surface area contributed by atoms with Crippen molar-refractivity contribution < 1.29 is 18.3 Å². The predicted molar refractivity (Wildman–Crippen MR) is 117 cm³/mol. The molecule has 0 saturated heterocycles. The molecule has 0 aliphatic heterocycles. The molecule has 0 saturated carbocycles. The van der Waals surface area contributed by atoms with Crippen LogP contribution >= 0.6 is 0 Å². The van der Waals surface area contributed by atoms with Gasteiger partial charge in [0.25, 0.3) is 15.9 Å². The van der Waals surface area contributed by atoms with Gasteiger partial charge in [-0.3, -0.25) is 9.10 Å². The zero-order valence-electron chi connectivity index (χ0n) is 16.7. The maximum Gasteiger partial charge on any atom is 0.264 e. The molecular weight excluding hydrogens is 400 g/mol. The van der Waals surface area contributed by atoms with Crippen LogP contribution in [0.1, 0.15) is 22.3 Å². The SMILES string of the molecule is CN(c1ccccc1)S(=O)(=O)c1ccc(C(=O)NCCCc2ccc(O)cc2)cc1. The van der Waals surface area contributed by atoms with E-state index in [4.69, 9.17) is 0 Å². The lowest BCUT2D eigenvalue weighted by Crippen LogP contribution is -2.27. The smallest absolute Gasteiger partial charge is 0.264 e. The molecule has 0 aliphatic carbocycles. The van der Waals surface area contributed by atoms with E-state index < -0.39 is 10.0 Å². The fraction of sp³-hybridized carbons (Fsp3) is 0.174. The van der Waals surface area contributed by atoms with Gasteiger partial charge in [-0.15, -0.1) is 0 Å². The first-order valence-electron chi connectivity index (χ1n) is 9.58. The summed E-state index contributed by atoms with van der Waals surface area (Å²) < 4.78 is 26.8. The van der Waals surface area contributed by atoms with Crippen LogP contribution in [0.2, 0.25) is 0 Å². The number of anilines is 1. The molecule has 30 heavy (non-hydrogen) atoms. The van der Waals surface area contributed by atoms with E-state index in [9.17, 15) is 18.3 Å². The lowest BCUT2D eigenvalue weighted by molar-refractivity contribution is 0.0953. The van der Waals surface area contributed by atoms with Crippen LogP contribution < -0.4 is 9.62 Å². The second kappa shape index (κ2) is 9.45. The zero-order chi connectivity index (χ0) is 21.6. The number of aryl methyl sites for hydroxylation is 1. The third-order valence-corrected chi connectivity index (χ3v) is 6.56. The number of carbonyl (C=O) groups excluding carboxylic acids is 1. The molecule has 0 heterocycles. The van der Waals surface area contributed by atoms with E-state index in [1.807, 2.05) is 18.2 Å². The number of hydrogen-bond acceptors (Lipinski definition) is 4. The van der Waals surface area contributed by atoms with Gasteiger partial charge in [0.15, 0.2) is 0 Å². The second-order valence-corrected chi connectivity index (χ2v) is 8.83. The van der Waals surface area contributed by atoms with Gasteiger partial charge in [0.2, 0.25) is 0 Å². The zero-order valence-corrected chi connectivity index (χ0v) is 17.5. The van der Waals surface area contributed by atoms with E-state index in [1.165, 1.54) is 35.6 Å². The fourth-order valence-corrected chi connectivity index (χ4v) is 4.17. The van der Waals surface area contributed by atoms with E-state index in [2.05, 4.69) is 5.32 Å². The molecule has 2 N–H and O–H groups in total. The highest BCUT2D eigenvalue weighted by atomic mass is 32.2. The highest BCUT2D eigenvalue weighted by Gasteiger charge is 2.21. The number of hydrogen-bond donors (Lipinski definition) is 2. The van der Waals surface area contributed by atoms with Crippen molar-refractivity contribution in [2.45, 2.75) is 17.7 Å². The Labute approximate surface area is 176 Å². The first-order valence-corrected chi connectivity index (χ1v) is 11.0. The Kier molecular flexibility index (Phi) is 6.74. The van der Waals surface area contributed by atoms with Gasteiger partial charge in [-0.05, 0) is 66.9 Å². The van der Waals surface area contributed by atoms with Crippen LogP contribution in [0.4, 0.5) is 5.69 Å². The van der Waals surface area contributed by atoms with Crippen LogP contribution in [-0.4, -0.2) is 33.0 Å². The van der Waals surface area contributed by atoms with E-state index >= 15 is 0 Å². The van der Waals surface area contributed by atoms with Gasteiger partial charge in [-0.25, -0.2) is 8.42 Å². The molecular formula is C23H24N2O4S. The molecule has 3 aromatic rings. The predicted octanol–water partition coefficient (Wildman–Crippen LogP) is 3.58. The molecule has 0 aromatic heterocycles. The molecule has 1 amide bonds. The van der Waals surface area contributed by atoms with Crippen molar-refractivity contribution in [2.24, 2.45) is 0 Å². The summed E-state index contributed by atoms with van der Waals surface area (Å²) >= 11 is 0. The van der Waals surface area contributed by atoms with Crippen molar-refractivity contribution in [2.75, 3.05) is 17.9 Å². The lowest BCUT2D eigenvalue weighted by Gasteiger charge is -2.19. The Balaban J connectivity index is 1.56. The number of phenolic OH excluding ortho intramolecular Hbond substituents is 1. The topological polar surface area (TPSA) is 86.7 Å². The van der Waals surface area contributed by atoms with Gasteiger partial charge in [0, 0.05) is 19.2 Å². The molecule has 6 nitrogen and oxygen atoms in total. The minimum absolute atomic E-state index is 0.123. The largest absolute Gasteiger partial charge is 0.508 e. The summed E-state index contributed by atoms with van der Waals surface area (Å²) in [4.78, 5) is 12.4. The quantitative estimate of drug-likeness (QED) is 0.541. The molecule has 0 atom stereocenters. The molecule has 0 unspecified atom stereocenters. The van der Waals surface area contributed by atoms with E-state index in [1.54, 1.807) is 36.4 Å². The van der Waals surface area contributed by atoms with Gasteiger partial charge in [0.1, 0.15) is 5.75 Å². The van der Waals surface area contributed by atoms with Crippen molar-refractivity contribution in [3.63, 3.8) is 0 Å². The first-order chi connectivity index (χ1) is 14.4. The summed E-state index contributed by atoms with van der Waals surface area (Å²) in [6.45, 7) is 0.497. The summed E-state index contributed by atoms with van der Waals surface area (Å²) in [6.07, 6.45) is 1.54. The molecule has 3 rings (SSSR count). The van der Waals surface area contributed by atoms with Crippen LogP contribution in [0.15, 0.2) is 83.8 Å². The molecule has 0 spiro atoms. The Morgan fingerprint density at radius 1 is 0.933 bits per heavy atom. The van der Waals surface area contributed by atoms with Crippen molar-refractivity contribution in [3.05, 3.63) is 90.0 Å². The van der Waals surface area contributed by atoms with Gasteiger partial charge >= 0.3 is 0 Å². The van der Waals surface area contributed by atoms with Crippen LogP contribution in [0.5, 0.6) is 5.75 Å². The first kappa shape index (κ1) is 21.4. The minimum atomic E-state index is -3.71. The maximum absolute atomic E-state index is 12.8. The summed E-state index contributed by atoms with van der Waals surface area (Å²) in [5.74, 6) is -0.0199. The summed E-state index contributed by atoms with van der Waals surface area (Å²) in [6, 6.07) is 21.7. The number of rotatable bonds is 8. The Morgan fingerprint density at radius 2 is 1.57 bits per heavy atom. The fourth-order valence-electron chi connectivity index (χ4n) is 2.97. The average molecular weight is 425 g/mol. The number of benzene rings is 3. The van der Waals surface area contributed by atoms with E-state index in [0.29, 0.717) is 17.8 Å². The average Bonchev–Trinajstić information content (AvgIpc) is 2.78. The highest BCUT2D eigenvalue weighted by Crippen LogP contribution is 2.22. The Bertz CT molecular complexity index is 1080. The normalized spacial score (nSPS) is 11.1. The molecule has 0 radical (unpaired) electrons. The van der Waals surface area contributed by atoms with E-state index in [0.717, 1.165) is 18.4 Å². The van der Waals surface area contributed by atoms with Crippen LogP contribution in [0, 0.1) is 0 Å². The third-order valence-electron chi connectivity index (χ3n) is 4.76. The van der Waals surface area contributed by atoms with Gasteiger partial charge < -0.3 is 10.4 Å². The van der Waals surface area contributed by atoms with Crippen molar-refractivity contribution in [1.29, 1.82) is 0 Å². The number of sulfonamides is 1. The number of nitrogens with zero attached hydrogens (tertiary/aromatic N) is 1. The summed E-state index contributed by atoms with van der Waals surface area (Å²) in [5, 5.41) is 12.1. The number of carbonyl (C=O) groups is 1. The maximum atomic E-state index is 12.8. The standard InChI is InChI=1S/C23H24N2O4S/c1-25(20-7-3-2-4-8-20)30(28,29)22-15-11-19(12-16-22)23(27)24-17-5-6-18-9-13-21(26)14-10-18/h2-4,7-16,26H,5-6,17H2,1H3,(H,24,27). The molecule has 3 aromatic carbocycles. The number of aromatic hydroxyl groups is 1. The van der Waals surface area contributed by atoms with Crippen molar-refractivity contribution in [1.82, 2.24) is 5.32 Å². The molecule has 0 aliphatic rings. The molecule has 0 fully saturated rings. The number of nitrogens with one attached hydrogen (secondary N) is 1. The second-order valence-electron chi connectivity index (χ2n) is 6.86. The summed E-state index contributed by atoms with van der Waals surface area (Å²) in [5.41, 5.74) is 2.05. The monoisotopic (exact) mass is 424 g/mol. The van der Waals surface area contributed by atoms with Crippen LogP contribution in [0.3, 0.4) is 0 Å². The van der Waals surface area contributed by atoms with Crippen LogP contribution in [0.25, 0.3) is 0 Å². The molecule has 156 valence electrons. The highest BCUT2D eigenvalue weighted by molar-refractivity contribution is 7.92. The lowest BCUT2D eigenvalue weighted by atomic mass is 10.1.